The predicted octanol–water partition coefficient (Wildman–Crippen LogP) is 2.78. The molecular formula is C12H23N3OSi2. The number of nitrogens with zero attached hydrogens (tertiary/aromatic N) is 2. The molecule has 0 aliphatic heterocycles. The van der Waals surface area contributed by atoms with E-state index in [4.69, 9.17) is 5.73 Å². The molecule has 2 N–H and O–H groups in total. The summed E-state index contributed by atoms with van der Waals surface area (Å²) in [6, 6.07) is 3.44. The first-order chi connectivity index (χ1) is 8.03. The molecule has 0 atom stereocenters. The fourth-order valence-corrected chi connectivity index (χ4v) is 11.8. The van der Waals surface area contributed by atoms with Gasteiger partial charge in [-0.3, -0.25) is 4.79 Å². The SMILES string of the molecule is C[Si](C)(C)N(C(=O)c1ccc(N)nc1)[Si](C)(C)C. The van der Waals surface area contributed by atoms with Crippen LogP contribution >= 0.6 is 0 Å². The van der Waals surface area contributed by atoms with Gasteiger partial charge in [0.1, 0.15) is 22.3 Å². The fraction of sp³-hybridized carbons (Fsp3) is 0.500. The maximum Gasteiger partial charge on any atom is 0.239 e. The lowest BCUT2D eigenvalue weighted by Crippen LogP contribution is -2.61. The van der Waals surface area contributed by atoms with Gasteiger partial charge < -0.3 is 9.96 Å². The van der Waals surface area contributed by atoms with Gasteiger partial charge in [0, 0.05) is 6.20 Å². The minimum absolute atomic E-state index is 0.0980. The van der Waals surface area contributed by atoms with E-state index in [2.05, 4.69) is 48.5 Å². The molecule has 18 heavy (non-hydrogen) atoms. The number of anilines is 1. The molecule has 0 saturated heterocycles. The number of hydrogen-bond acceptors (Lipinski definition) is 3. The van der Waals surface area contributed by atoms with Gasteiger partial charge in [0.15, 0.2) is 0 Å². The lowest BCUT2D eigenvalue weighted by Gasteiger charge is -2.43. The van der Waals surface area contributed by atoms with Crippen molar-refractivity contribution in [2.45, 2.75) is 39.3 Å². The van der Waals surface area contributed by atoms with E-state index in [-0.39, 0.29) is 5.91 Å². The first-order valence-corrected chi connectivity index (χ1v) is 13.0. The molecule has 4 nitrogen and oxygen atoms in total. The van der Waals surface area contributed by atoms with Crippen LogP contribution < -0.4 is 5.73 Å². The van der Waals surface area contributed by atoms with Crippen molar-refractivity contribution < 1.29 is 4.79 Å². The molecule has 1 heterocycles. The van der Waals surface area contributed by atoms with E-state index >= 15 is 0 Å². The van der Waals surface area contributed by atoms with Gasteiger partial charge in [0.25, 0.3) is 0 Å². The molecule has 1 rings (SSSR count). The van der Waals surface area contributed by atoms with Crippen LogP contribution in [0.15, 0.2) is 18.3 Å². The smallest absolute Gasteiger partial charge is 0.239 e. The fourth-order valence-electron chi connectivity index (χ4n) is 2.28. The molecule has 0 saturated carbocycles. The number of pyridine rings is 1. The van der Waals surface area contributed by atoms with Crippen molar-refractivity contribution in [3.8, 4) is 0 Å². The number of carbonyl (C=O) groups excluding carboxylic acids is 1. The van der Waals surface area contributed by atoms with Crippen molar-refractivity contribution in [1.29, 1.82) is 0 Å². The molecule has 0 spiro atoms. The van der Waals surface area contributed by atoms with Gasteiger partial charge >= 0.3 is 0 Å². The molecule has 0 fully saturated rings. The molecule has 0 aromatic carbocycles. The first kappa shape index (κ1) is 14.9. The summed E-state index contributed by atoms with van der Waals surface area (Å²) >= 11 is 0. The Morgan fingerprint density at radius 3 is 1.94 bits per heavy atom. The molecule has 1 aromatic rings. The number of aromatic nitrogens is 1. The molecule has 0 aliphatic rings. The average Bonchev–Trinajstić information content (AvgIpc) is 2.13. The molecule has 0 aliphatic carbocycles. The van der Waals surface area contributed by atoms with E-state index in [0.717, 1.165) is 0 Å². The third-order valence-electron chi connectivity index (χ3n) is 2.58. The zero-order chi connectivity index (χ0) is 14.1. The Kier molecular flexibility index (Phi) is 4.02. The van der Waals surface area contributed by atoms with Gasteiger partial charge in [-0.2, -0.15) is 0 Å². The van der Waals surface area contributed by atoms with Crippen LogP contribution in [-0.4, -0.2) is 31.6 Å². The zero-order valence-corrected chi connectivity index (χ0v) is 14.1. The van der Waals surface area contributed by atoms with Crippen LogP contribution in [0.1, 0.15) is 10.4 Å². The molecule has 1 amide bonds. The Labute approximate surface area is 111 Å². The van der Waals surface area contributed by atoms with E-state index in [0.29, 0.717) is 11.4 Å². The lowest BCUT2D eigenvalue weighted by molar-refractivity contribution is 0.0908. The van der Waals surface area contributed by atoms with E-state index < -0.39 is 16.5 Å². The van der Waals surface area contributed by atoms with Crippen LogP contribution in [0.25, 0.3) is 0 Å². The molecule has 0 radical (unpaired) electrons. The van der Waals surface area contributed by atoms with E-state index in [1.54, 1.807) is 18.3 Å². The van der Waals surface area contributed by atoms with Crippen molar-refractivity contribution in [2.75, 3.05) is 5.73 Å². The Hall–Kier alpha value is -1.15. The first-order valence-electron chi connectivity index (χ1n) is 6.09. The van der Waals surface area contributed by atoms with Crippen LogP contribution in [0, 0.1) is 0 Å². The van der Waals surface area contributed by atoms with Crippen molar-refractivity contribution in [1.82, 2.24) is 9.22 Å². The largest absolute Gasteiger partial charge is 0.392 e. The second-order valence-corrected chi connectivity index (χ2v) is 16.5. The number of nitrogen functional groups attached to an aromatic ring is 1. The van der Waals surface area contributed by atoms with Gasteiger partial charge in [-0.25, -0.2) is 4.98 Å². The standard InChI is InChI=1S/C12H23N3OSi2/c1-17(2,3)15(18(4,5)6)12(16)10-7-8-11(13)14-9-10/h7-9H,1-6H3,(H2,13,14). The van der Waals surface area contributed by atoms with Crippen molar-refractivity contribution >= 4 is 28.2 Å². The summed E-state index contributed by atoms with van der Waals surface area (Å²) in [6.45, 7) is 13.2. The lowest BCUT2D eigenvalue weighted by atomic mass is 10.3. The summed E-state index contributed by atoms with van der Waals surface area (Å²) in [5.41, 5.74) is 6.19. The van der Waals surface area contributed by atoms with Gasteiger partial charge in [0.2, 0.25) is 5.91 Å². The topological polar surface area (TPSA) is 59.2 Å². The number of carbonyl (C=O) groups is 1. The third-order valence-corrected chi connectivity index (χ3v) is 9.69. The van der Waals surface area contributed by atoms with Crippen LogP contribution in [0.3, 0.4) is 0 Å². The van der Waals surface area contributed by atoms with Crippen LogP contribution in [0.4, 0.5) is 5.82 Å². The summed E-state index contributed by atoms with van der Waals surface area (Å²) < 4.78 is 2.15. The molecule has 1 aromatic heterocycles. The van der Waals surface area contributed by atoms with Gasteiger partial charge in [-0.1, -0.05) is 39.3 Å². The van der Waals surface area contributed by atoms with Crippen molar-refractivity contribution in [3.05, 3.63) is 23.9 Å². The highest BCUT2D eigenvalue weighted by Gasteiger charge is 2.38. The summed E-state index contributed by atoms with van der Waals surface area (Å²) in [5, 5.41) is 0. The third kappa shape index (κ3) is 3.42. The van der Waals surface area contributed by atoms with Crippen molar-refractivity contribution in [3.63, 3.8) is 0 Å². The zero-order valence-electron chi connectivity index (χ0n) is 12.1. The van der Waals surface area contributed by atoms with Crippen LogP contribution in [-0.2, 0) is 0 Å². The summed E-state index contributed by atoms with van der Waals surface area (Å²) in [6.07, 6.45) is 1.57. The monoisotopic (exact) mass is 281 g/mol. The van der Waals surface area contributed by atoms with E-state index in [1.807, 2.05) is 0 Å². The Balaban J connectivity index is 3.16. The van der Waals surface area contributed by atoms with Crippen LogP contribution in [0.2, 0.25) is 39.3 Å². The predicted molar refractivity (Wildman–Crippen MR) is 81.5 cm³/mol. The summed E-state index contributed by atoms with van der Waals surface area (Å²) in [4.78, 5) is 16.7. The molecular weight excluding hydrogens is 258 g/mol. The van der Waals surface area contributed by atoms with E-state index in [1.165, 1.54) is 0 Å². The minimum Gasteiger partial charge on any atom is -0.392 e. The van der Waals surface area contributed by atoms with E-state index in [9.17, 15) is 4.79 Å². The minimum atomic E-state index is -1.70. The van der Waals surface area contributed by atoms with Gasteiger partial charge in [-0.05, 0) is 12.1 Å². The van der Waals surface area contributed by atoms with Gasteiger partial charge in [0.05, 0.1) is 5.56 Å². The highest BCUT2D eigenvalue weighted by Crippen LogP contribution is 2.22. The maximum atomic E-state index is 12.7. The molecule has 100 valence electrons. The number of hydrogen-bond donors (Lipinski definition) is 1. The van der Waals surface area contributed by atoms with Crippen molar-refractivity contribution in [2.24, 2.45) is 0 Å². The molecule has 6 heteroatoms. The summed E-state index contributed by atoms with van der Waals surface area (Å²) in [5.74, 6) is 0.542. The second-order valence-electron chi connectivity index (χ2n) is 6.45. The van der Waals surface area contributed by atoms with Crippen LogP contribution in [0.5, 0.6) is 0 Å². The quantitative estimate of drug-likeness (QED) is 0.867. The summed E-state index contributed by atoms with van der Waals surface area (Å²) in [7, 11) is -3.39. The average molecular weight is 282 g/mol. The number of amides is 1. The molecule has 0 bridgehead atoms. The Bertz CT molecular complexity index is 418. The normalized spacial score (nSPS) is 12.3. The molecule has 0 unspecified atom stereocenters. The second kappa shape index (κ2) is 4.85. The maximum absolute atomic E-state index is 12.7. The highest BCUT2D eigenvalue weighted by molar-refractivity contribution is 6.92. The Morgan fingerprint density at radius 2 is 1.61 bits per heavy atom. The number of rotatable bonds is 3. The van der Waals surface area contributed by atoms with Gasteiger partial charge in [-0.15, -0.1) is 0 Å². The Morgan fingerprint density at radius 1 is 1.11 bits per heavy atom. The number of nitrogens with two attached hydrogens (primary N) is 1. The highest BCUT2D eigenvalue weighted by atomic mass is 28.4.